The largest absolute Gasteiger partial charge is 0.368 e. The van der Waals surface area contributed by atoms with Crippen LogP contribution < -0.4 is 11.1 Å². The number of thioether (sulfide) groups is 1. The minimum Gasteiger partial charge on any atom is -0.368 e. The predicted molar refractivity (Wildman–Crippen MR) is 75.9 cm³/mol. The van der Waals surface area contributed by atoms with Crippen molar-refractivity contribution in [2.75, 3.05) is 6.26 Å². The van der Waals surface area contributed by atoms with Gasteiger partial charge in [0, 0.05) is 6.20 Å². The second kappa shape index (κ2) is 7.13. The van der Waals surface area contributed by atoms with Crippen LogP contribution in [0.4, 0.5) is 0 Å². The fourth-order valence-corrected chi connectivity index (χ4v) is 2.23. The number of hydrogen-bond donors (Lipinski definition) is 2. The molecule has 104 valence electrons. The van der Waals surface area contributed by atoms with E-state index in [1.54, 1.807) is 18.3 Å². The number of pyridine rings is 1. The summed E-state index contributed by atoms with van der Waals surface area (Å²) in [7, 11) is 0. The Hall–Kier alpha value is -1.56. The van der Waals surface area contributed by atoms with Gasteiger partial charge in [0.15, 0.2) is 0 Å². The third-order valence-electron chi connectivity index (χ3n) is 2.57. The van der Waals surface area contributed by atoms with Gasteiger partial charge >= 0.3 is 0 Å². The molecule has 0 aliphatic carbocycles. The number of carbonyl (C=O) groups excluding carboxylic acids is 2. The van der Waals surface area contributed by atoms with Crippen molar-refractivity contribution in [3.63, 3.8) is 0 Å². The highest BCUT2D eigenvalue weighted by atomic mass is 32.2. The van der Waals surface area contributed by atoms with E-state index in [4.69, 9.17) is 5.73 Å². The molecule has 0 bridgehead atoms. The van der Waals surface area contributed by atoms with Gasteiger partial charge in [0.25, 0.3) is 5.91 Å². The van der Waals surface area contributed by atoms with Crippen LogP contribution in [0.2, 0.25) is 0 Å². The van der Waals surface area contributed by atoms with Gasteiger partial charge in [-0.2, -0.15) is 0 Å². The maximum absolute atomic E-state index is 12.1. The zero-order valence-electron chi connectivity index (χ0n) is 11.3. The molecule has 0 aliphatic heterocycles. The number of nitrogens with zero attached hydrogens (tertiary/aromatic N) is 1. The predicted octanol–water partition coefficient (Wildman–Crippen LogP) is 1.43. The Balaban J connectivity index is 2.84. The van der Waals surface area contributed by atoms with E-state index in [1.165, 1.54) is 11.8 Å². The molecule has 1 heterocycles. The third-order valence-corrected chi connectivity index (χ3v) is 3.28. The Morgan fingerprint density at radius 2 is 2.16 bits per heavy atom. The lowest BCUT2D eigenvalue weighted by Crippen LogP contribution is -2.45. The quantitative estimate of drug-likeness (QED) is 0.773. The number of nitrogens with one attached hydrogen (secondary N) is 1. The molecule has 0 aliphatic rings. The van der Waals surface area contributed by atoms with Crippen LogP contribution in [0.5, 0.6) is 0 Å². The van der Waals surface area contributed by atoms with Gasteiger partial charge in [-0.25, -0.2) is 4.98 Å². The Morgan fingerprint density at radius 3 is 2.68 bits per heavy atom. The van der Waals surface area contributed by atoms with Crippen molar-refractivity contribution in [3.8, 4) is 0 Å². The molecule has 5 nitrogen and oxygen atoms in total. The summed E-state index contributed by atoms with van der Waals surface area (Å²) in [5, 5.41) is 3.30. The minimum absolute atomic E-state index is 0.270. The van der Waals surface area contributed by atoms with Gasteiger partial charge in [-0.1, -0.05) is 13.8 Å². The second-order valence-corrected chi connectivity index (χ2v) is 5.41. The maximum atomic E-state index is 12.1. The van der Waals surface area contributed by atoms with E-state index in [-0.39, 0.29) is 11.8 Å². The summed E-state index contributed by atoms with van der Waals surface area (Å²) < 4.78 is 0. The van der Waals surface area contributed by atoms with Crippen molar-refractivity contribution >= 4 is 23.6 Å². The van der Waals surface area contributed by atoms with E-state index in [0.717, 1.165) is 0 Å². The number of nitrogens with two attached hydrogens (primary N) is 1. The summed E-state index contributed by atoms with van der Waals surface area (Å²) in [6.07, 6.45) is 4.00. The lowest BCUT2D eigenvalue weighted by Gasteiger charge is -2.17. The Morgan fingerprint density at radius 1 is 1.47 bits per heavy atom. The molecular formula is C13H19N3O2S. The van der Waals surface area contributed by atoms with E-state index < -0.39 is 11.9 Å². The summed E-state index contributed by atoms with van der Waals surface area (Å²) in [6, 6.07) is 2.72. The topological polar surface area (TPSA) is 85.1 Å². The minimum atomic E-state index is -0.651. The van der Waals surface area contributed by atoms with E-state index in [9.17, 15) is 9.59 Å². The average molecular weight is 281 g/mol. The van der Waals surface area contributed by atoms with Crippen LogP contribution in [0.1, 0.15) is 30.6 Å². The van der Waals surface area contributed by atoms with Crippen molar-refractivity contribution in [2.45, 2.75) is 31.3 Å². The molecule has 1 rings (SSSR count). The Kier molecular flexibility index (Phi) is 5.82. The average Bonchev–Trinajstić information content (AvgIpc) is 2.37. The van der Waals surface area contributed by atoms with Crippen LogP contribution in [0.15, 0.2) is 23.4 Å². The molecule has 0 saturated heterocycles. The van der Waals surface area contributed by atoms with Gasteiger partial charge in [-0.15, -0.1) is 11.8 Å². The lowest BCUT2D eigenvalue weighted by molar-refractivity contribution is -0.120. The highest BCUT2D eigenvalue weighted by molar-refractivity contribution is 7.98. The first-order chi connectivity index (χ1) is 8.95. The van der Waals surface area contributed by atoms with E-state index >= 15 is 0 Å². The second-order valence-electron chi connectivity index (χ2n) is 4.62. The molecule has 0 radical (unpaired) electrons. The van der Waals surface area contributed by atoms with Crippen LogP contribution in [-0.2, 0) is 4.79 Å². The molecule has 0 aromatic carbocycles. The van der Waals surface area contributed by atoms with Crippen LogP contribution >= 0.6 is 11.8 Å². The van der Waals surface area contributed by atoms with Gasteiger partial charge in [-0.3, -0.25) is 9.59 Å². The molecule has 0 fully saturated rings. The highest BCUT2D eigenvalue weighted by Crippen LogP contribution is 2.17. The first kappa shape index (κ1) is 15.5. The molecule has 1 aromatic rings. The summed E-state index contributed by atoms with van der Waals surface area (Å²) in [6.45, 7) is 3.94. The number of hydrogen-bond acceptors (Lipinski definition) is 4. The van der Waals surface area contributed by atoms with Crippen LogP contribution in [0.25, 0.3) is 0 Å². The van der Waals surface area contributed by atoms with Crippen LogP contribution in [0, 0.1) is 5.92 Å². The zero-order valence-corrected chi connectivity index (χ0v) is 12.2. The molecule has 0 spiro atoms. The molecule has 1 atom stereocenters. The van der Waals surface area contributed by atoms with Gasteiger partial charge < -0.3 is 11.1 Å². The first-order valence-corrected chi connectivity index (χ1v) is 7.27. The van der Waals surface area contributed by atoms with Gasteiger partial charge in [0.1, 0.15) is 11.1 Å². The van der Waals surface area contributed by atoms with Crippen molar-refractivity contribution < 1.29 is 9.59 Å². The molecule has 3 N–H and O–H groups in total. The van der Waals surface area contributed by atoms with Crippen molar-refractivity contribution in [3.05, 3.63) is 23.9 Å². The van der Waals surface area contributed by atoms with Crippen molar-refractivity contribution in [1.29, 1.82) is 0 Å². The SMILES string of the molecule is CSc1ncccc1C(=O)NC(CC(C)C)C(N)=O. The fourth-order valence-electron chi connectivity index (χ4n) is 1.68. The molecule has 1 unspecified atom stereocenters. The monoisotopic (exact) mass is 281 g/mol. The van der Waals surface area contributed by atoms with E-state index in [1.807, 2.05) is 20.1 Å². The van der Waals surface area contributed by atoms with Crippen molar-refractivity contribution in [1.82, 2.24) is 10.3 Å². The molecular weight excluding hydrogens is 262 g/mol. The summed E-state index contributed by atoms with van der Waals surface area (Å²) in [4.78, 5) is 27.6. The number of rotatable bonds is 6. The summed E-state index contributed by atoms with van der Waals surface area (Å²) >= 11 is 1.39. The number of aromatic nitrogens is 1. The molecule has 6 heteroatoms. The normalized spacial score (nSPS) is 12.2. The Bertz CT molecular complexity index is 463. The number of carbonyl (C=O) groups is 2. The summed E-state index contributed by atoms with van der Waals surface area (Å²) in [5.41, 5.74) is 5.77. The molecule has 0 saturated carbocycles. The van der Waals surface area contributed by atoms with Crippen LogP contribution in [-0.4, -0.2) is 29.1 Å². The van der Waals surface area contributed by atoms with Gasteiger partial charge in [0.05, 0.1) is 5.56 Å². The fraction of sp³-hybridized carbons (Fsp3) is 0.462. The van der Waals surface area contributed by atoms with Gasteiger partial charge in [-0.05, 0) is 30.7 Å². The lowest BCUT2D eigenvalue weighted by atomic mass is 10.0. The summed E-state index contributed by atoms with van der Waals surface area (Å²) in [5.74, 6) is -0.565. The van der Waals surface area contributed by atoms with Crippen molar-refractivity contribution in [2.24, 2.45) is 11.7 Å². The standard InChI is InChI=1S/C13H19N3O2S/c1-8(2)7-10(11(14)17)16-12(18)9-5-4-6-15-13(9)19-3/h4-6,8,10H,7H2,1-3H3,(H2,14,17)(H,16,18). The maximum Gasteiger partial charge on any atom is 0.254 e. The number of primary amides is 1. The Labute approximate surface area is 117 Å². The smallest absolute Gasteiger partial charge is 0.254 e. The van der Waals surface area contributed by atoms with E-state index in [2.05, 4.69) is 10.3 Å². The zero-order chi connectivity index (χ0) is 14.4. The molecule has 2 amide bonds. The van der Waals surface area contributed by atoms with Gasteiger partial charge in [0.2, 0.25) is 5.91 Å². The third kappa shape index (κ3) is 4.55. The number of amides is 2. The molecule has 1 aromatic heterocycles. The first-order valence-electron chi connectivity index (χ1n) is 6.04. The van der Waals surface area contributed by atoms with Crippen LogP contribution in [0.3, 0.4) is 0 Å². The highest BCUT2D eigenvalue weighted by Gasteiger charge is 2.21. The molecule has 19 heavy (non-hydrogen) atoms. The van der Waals surface area contributed by atoms with E-state index in [0.29, 0.717) is 17.0 Å².